The second-order valence-electron chi connectivity index (χ2n) is 6.58. The summed E-state index contributed by atoms with van der Waals surface area (Å²) in [6.07, 6.45) is 0. The van der Waals surface area contributed by atoms with Crippen LogP contribution in [0.4, 0.5) is 5.13 Å². The first-order chi connectivity index (χ1) is 11.8. The van der Waals surface area contributed by atoms with Gasteiger partial charge in [0, 0.05) is 28.3 Å². The number of ether oxygens (including phenoxy) is 1. The molecule has 2 aromatic heterocycles. The van der Waals surface area contributed by atoms with Crippen LogP contribution in [0.3, 0.4) is 0 Å². The minimum atomic E-state index is -0.597. The van der Waals surface area contributed by atoms with Gasteiger partial charge in [-0.25, -0.2) is 9.78 Å². The number of rotatable bonds is 3. The quantitative estimate of drug-likeness (QED) is 0.720. The minimum Gasteiger partial charge on any atom is -0.497 e. The topological polar surface area (TPSA) is 81.4 Å². The Balaban J connectivity index is 1.97. The van der Waals surface area contributed by atoms with E-state index in [0.717, 1.165) is 5.69 Å². The molecule has 3 aromatic rings. The Morgan fingerprint density at radius 1 is 1.28 bits per heavy atom. The maximum atomic E-state index is 12.6. The summed E-state index contributed by atoms with van der Waals surface area (Å²) in [5.74, 6) is 0.140. The standard InChI is InChI=1S/C18H18N2O4S/c1-18(2,3)14-9-25-17(19-14)20-16(22)12-8-15(21)24-13-7-10(23-4)5-6-11(12)13/h5-9H,1-4H3,(H,19,20,22). The van der Waals surface area contributed by atoms with Crippen molar-refractivity contribution < 1.29 is 13.9 Å². The van der Waals surface area contributed by atoms with Gasteiger partial charge in [-0.2, -0.15) is 0 Å². The number of hydrogen-bond donors (Lipinski definition) is 1. The number of fused-ring (bicyclic) bond motifs is 1. The number of anilines is 1. The molecular formula is C18H18N2O4S. The summed E-state index contributed by atoms with van der Waals surface area (Å²) in [6, 6.07) is 6.16. The smallest absolute Gasteiger partial charge is 0.337 e. The molecule has 1 amide bonds. The van der Waals surface area contributed by atoms with Gasteiger partial charge in [-0.3, -0.25) is 10.1 Å². The molecule has 3 rings (SSSR count). The van der Waals surface area contributed by atoms with Gasteiger partial charge in [-0.1, -0.05) is 20.8 Å². The second-order valence-corrected chi connectivity index (χ2v) is 7.44. The van der Waals surface area contributed by atoms with Crippen molar-refractivity contribution in [3.63, 3.8) is 0 Å². The molecule has 0 fully saturated rings. The summed E-state index contributed by atoms with van der Waals surface area (Å²) in [5, 5.41) is 5.69. The minimum absolute atomic E-state index is 0.101. The molecule has 130 valence electrons. The molecule has 0 atom stereocenters. The van der Waals surface area contributed by atoms with Crippen LogP contribution < -0.4 is 15.7 Å². The number of hydrogen-bond acceptors (Lipinski definition) is 6. The fraction of sp³-hybridized carbons (Fsp3) is 0.278. The zero-order chi connectivity index (χ0) is 18.2. The number of thiazole rings is 1. The van der Waals surface area contributed by atoms with E-state index in [-0.39, 0.29) is 11.0 Å². The van der Waals surface area contributed by atoms with E-state index in [2.05, 4.69) is 31.1 Å². The van der Waals surface area contributed by atoms with Gasteiger partial charge in [0.2, 0.25) is 0 Å². The first kappa shape index (κ1) is 17.2. The zero-order valence-electron chi connectivity index (χ0n) is 14.4. The fourth-order valence-electron chi connectivity index (χ4n) is 2.30. The molecule has 1 N–H and O–H groups in total. The monoisotopic (exact) mass is 358 g/mol. The summed E-state index contributed by atoms with van der Waals surface area (Å²) >= 11 is 1.35. The third kappa shape index (κ3) is 3.56. The molecule has 0 saturated carbocycles. The Labute approximate surface area is 148 Å². The molecule has 7 heteroatoms. The number of nitrogens with zero attached hydrogens (tertiary/aromatic N) is 1. The molecule has 0 unspecified atom stereocenters. The van der Waals surface area contributed by atoms with Gasteiger partial charge in [0.05, 0.1) is 18.4 Å². The summed E-state index contributed by atoms with van der Waals surface area (Å²) in [7, 11) is 1.52. The number of carbonyl (C=O) groups excluding carboxylic acids is 1. The SMILES string of the molecule is COc1ccc2c(C(=O)Nc3nc(C(C)(C)C)cs3)cc(=O)oc2c1. The average molecular weight is 358 g/mol. The van der Waals surface area contributed by atoms with Gasteiger partial charge < -0.3 is 9.15 Å². The van der Waals surface area contributed by atoms with Gasteiger partial charge in [0.1, 0.15) is 11.3 Å². The fourth-order valence-corrected chi connectivity index (χ4v) is 3.23. The first-order valence-electron chi connectivity index (χ1n) is 7.67. The van der Waals surface area contributed by atoms with Crippen LogP contribution in [0, 0.1) is 0 Å². The predicted molar refractivity (Wildman–Crippen MR) is 97.8 cm³/mol. The first-order valence-corrected chi connectivity index (χ1v) is 8.55. The van der Waals surface area contributed by atoms with E-state index in [1.807, 2.05) is 5.38 Å². The zero-order valence-corrected chi connectivity index (χ0v) is 15.2. The molecule has 2 heterocycles. The van der Waals surface area contributed by atoms with Crippen molar-refractivity contribution >= 4 is 33.3 Å². The lowest BCUT2D eigenvalue weighted by atomic mass is 9.93. The van der Waals surface area contributed by atoms with E-state index in [9.17, 15) is 9.59 Å². The van der Waals surface area contributed by atoms with Crippen LogP contribution in [0.2, 0.25) is 0 Å². The average Bonchev–Trinajstić information content (AvgIpc) is 3.02. The normalized spacial score (nSPS) is 11.5. The highest BCUT2D eigenvalue weighted by atomic mass is 32.1. The van der Waals surface area contributed by atoms with Gasteiger partial charge in [0.25, 0.3) is 5.91 Å². The van der Waals surface area contributed by atoms with Crippen molar-refractivity contribution in [1.29, 1.82) is 0 Å². The molecule has 0 spiro atoms. The molecule has 0 aliphatic rings. The van der Waals surface area contributed by atoms with E-state index in [1.165, 1.54) is 24.5 Å². The molecule has 0 saturated heterocycles. The lowest BCUT2D eigenvalue weighted by Gasteiger charge is -2.14. The van der Waals surface area contributed by atoms with Gasteiger partial charge in [-0.05, 0) is 12.1 Å². The Kier molecular flexibility index (Phi) is 4.34. The summed E-state index contributed by atoms with van der Waals surface area (Å²) < 4.78 is 10.3. The summed E-state index contributed by atoms with van der Waals surface area (Å²) in [6.45, 7) is 6.16. The van der Waals surface area contributed by atoms with Crippen molar-refractivity contribution in [2.45, 2.75) is 26.2 Å². The van der Waals surface area contributed by atoms with Crippen LogP contribution in [0.25, 0.3) is 11.0 Å². The summed E-state index contributed by atoms with van der Waals surface area (Å²) in [5.41, 5.74) is 0.736. The van der Waals surface area contributed by atoms with Crippen LogP contribution >= 0.6 is 11.3 Å². The van der Waals surface area contributed by atoms with Gasteiger partial charge >= 0.3 is 5.63 Å². The number of nitrogens with one attached hydrogen (secondary N) is 1. The molecule has 0 aliphatic heterocycles. The maximum Gasteiger partial charge on any atom is 0.337 e. The van der Waals surface area contributed by atoms with E-state index >= 15 is 0 Å². The van der Waals surface area contributed by atoms with E-state index in [1.54, 1.807) is 18.2 Å². The molecule has 25 heavy (non-hydrogen) atoms. The number of methoxy groups -OCH3 is 1. The third-order valence-corrected chi connectivity index (χ3v) is 4.45. The molecule has 0 bridgehead atoms. The number of benzene rings is 1. The maximum absolute atomic E-state index is 12.6. The highest BCUT2D eigenvalue weighted by Crippen LogP contribution is 2.27. The molecular weight excluding hydrogens is 340 g/mol. The lowest BCUT2D eigenvalue weighted by Crippen LogP contribution is -2.16. The molecule has 1 aromatic carbocycles. The number of carbonyl (C=O) groups is 1. The highest BCUT2D eigenvalue weighted by molar-refractivity contribution is 7.14. The van der Waals surface area contributed by atoms with Crippen LogP contribution in [-0.4, -0.2) is 18.0 Å². The van der Waals surface area contributed by atoms with E-state index in [0.29, 0.717) is 21.9 Å². The van der Waals surface area contributed by atoms with Crippen molar-refractivity contribution in [3.8, 4) is 5.75 Å². The van der Waals surface area contributed by atoms with E-state index in [4.69, 9.17) is 9.15 Å². The summed E-state index contributed by atoms with van der Waals surface area (Å²) in [4.78, 5) is 28.9. The van der Waals surface area contributed by atoms with Crippen molar-refractivity contribution in [1.82, 2.24) is 4.98 Å². The second kappa shape index (κ2) is 6.33. The van der Waals surface area contributed by atoms with Crippen molar-refractivity contribution in [3.05, 3.63) is 51.3 Å². The molecule has 0 radical (unpaired) electrons. The Bertz CT molecular complexity index is 998. The number of aromatic nitrogens is 1. The van der Waals surface area contributed by atoms with Gasteiger partial charge in [0.15, 0.2) is 5.13 Å². The van der Waals surface area contributed by atoms with Crippen molar-refractivity contribution in [2.24, 2.45) is 0 Å². The third-order valence-electron chi connectivity index (χ3n) is 3.69. The van der Waals surface area contributed by atoms with E-state index < -0.39 is 11.5 Å². The Morgan fingerprint density at radius 2 is 2.04 bits per heavy atom. The molecule has 0 aliphatic carbocycles. The van der Waals surface area contributed by atoms with Crippen LogP contribution in [0.1, 0.15) is 36.8 Å². The Hall–Kier alpha value is -2.67. The van der Waals surface area contributed by atoms with Gasteiger partial charge in [-0.15, -0.1) is 11.3 Å². The highest BCUT2D eigenvalue weighted by Gasteiger charge is 2.19. The Morgan fingerprint density at radius 3 is 2.68 bits per heavy atom. The lowest BCUT2D eigenvalue weighted by molar-refractivity contribution is 0.102. The predicted octanol–water partition coefficient (Wildman–Crippen LogP) is 3.81. The van der Waals surface area contributed by atoms with Crippen LogP contribution in [0.15, 0.2) is 38.9 Å². The van der Waals surface area contributed by atoms with Crippen molar-refractivity contribution in [2.75, 3.05) is 12.4 Å². The van der Waals surface area contributed by atoms with Crippen LogP contribution in [-0.2, 0) is 5.41 Å². The van der Waals surface area contributed by atoms with Crippen LogP contribution in [0.5, 0.6) is 5.75 Å². The molecule has 6 nitrogen and oxygen atoms in total. The number of amides is 1. The largest absolute Gasteiger partial charge is 0.497 e.